The SMILES string of the molecule is Cc1ccc(CNC(=O)CCc2csc(-c3cccnc3)n2)cc1. The zero-order valence-electron chi connectivity index (χ0n) is 13.5. The molecule has 0 unspecified atom stereocenters. The fourth-order valence-corrected chi connectivity index (χ4v) is 3.13. The molecule has 1 aromatic carbocycles. The number of nitrogens with one attached hydrogen (secondary N) is 1. The maximum absolute atomic E-state index is 12.0. The first kappa shape index (κ1) is 16.3. The van der Waals surface area contributed by atoms with Crippen molar-refractivity contribution in [3.8, 4) is 10.6 Å². The van der Waals surface area contributed by atoms with Crippen LogP contribution in [0.1, 0.15) is 23.2 Å². The number of carbonyl (C=O) groups excluding carboxylic acids is 1. The second-order valence-electron chi connectivity index (χ2n) is 5.65. The van der Waals surface area contributed by atoms with E-state index in [2.05, 4.69) is 34.3 Å². The van der Waals surface area contributed by atoms with Crippen LogP contribution in [0, 0.1) is 6.92 Å². The Morgan fingerprint density at radius 3 is 2.79 bits per heavy atom. The highest BCUT2D eigenvalue weighted by Gasteiger charge is 2.07. The quantitative estimate of drug-likeness (QED) is 0.745. The number of thiazole rings is 1. The topological polar surface area (TPSA) is 54.9 Å². The highest BCUT2D eigenvalue weighted by Crippen LogP contribution is 2.23. The maximum atomic E-state index is 12.0. The molecule has 0 spiro atoms. The average Bonchev–Trinajstić information content (AvgIpc) is 3.09. The molecule has 122 valence electrons. The highest BCUT2D eigenvalue weighted by atomic mass is 32.1. The fraction of sp³-hybridized carbons (Fsp3) is 0.211. The van der Waals surface area contributed by atoms with Crippen LogP contribution in [-0.2, 0) is 17.8 Å². The van der Waals surface area contributed by atoms with Gasteiger partial charge in [0.05, 0.1) is 5.69 Å². The van der Waals surface area contributed by atoms with E-state index in [1.165, 1.54) is 5.56 Å². The van der Waals surface area contributed by atoms with Gasteiger partial charge in [0, 0.05) is 36.3 Å². The molecule has 1 N–H and O–H groups in total. The third kappa shape index (κ3) is 4.49. The van der Waals surface area contributed by atoms with Crippen LogP contribution in [0.3, 0.4) is 0 Å². The molecule has 2 heterocycles. The van der Waals surface area contributed by atoms with E-state index < -0.39 is 0 Å². The molecule has 0 aliphatic heterocycles. The molecule has 0 radical (unpaired) electrons. The minimum Gasteiger partial charge on any atom is -0.352 e. The van der Waals surface area contributed by atoms with Gasteiger partial charge in [-0.3, -0.25) is 9.78 Å². The molecule has 2 aromatic heterocycles. The lowest BCUT2D eigenvalue weighted by molar-refractivity contribution is -0.121. The van der Waals surface area contributed by atoms with Gasteiger partial charge in [-0.2, -0.15) is 0 Å². The number of rotatable bonds is 6. The van der Waals surface area contributed by atoms with E-state index >= 15 is 0 Å². The van der Waals surface area contributed by atoms with Crippen LogP contribution in [0.2, 0.25) is 0 Å². The standard InChI is InChI=1S/C19H19N3OS/c1-14-4-6-15(7-5-14)11-21-18(23)9-8-17-13-24-19(22-17)16-3-2-10-20-12-16/h2-7,10,12-13H,8-9,11H2,1H3,(H,21,23). The Kier molecular flexibility index (Phi) is 5.33. The van der Waals surface area contributed by atoms with Gasteiger partial charge in [-0.15, -0.1) is 11.3 Å². The first-order valence-electron chi connectivity index (χ1n) is 7.88. The summed E-state index contributed by atoms with van der Waals surface area (Å²) in [5.41, 5.74) is 4.29. The predicted octanol–water partition coefficient (Wildman–Crippen LogP) is 3.76. The normalized spacial score (nSPS) is 10.5. The van der Waals surface area contributed by atoms with E-state index in [1.54, 1.807) is 23.7 Å². The molecule has 3 aromatic rings. The van der Waals surface area contributed by atoms with Crippen molar-refractivity contribution in [2.24, 2.45) is 0 Å². The molecule has 0 aliphatic carbocycles. The van der Waals surface area contributed by atoms with Gasteiger partial charge in [0.25, 0.3) is 0 Å². The largest absolute Gasteiger partial charge is 0.352 e. The molecule has 0 saturated carbocycles. The first-order chi connectivity index (χ1) is 11.7. The number of aromatic nitrogens is 2. The summed E-state index contributed by atoms with van der Waals surface area (Å²) in [5.74, 6) is 0.0477. The lowest BCUT2D eigenvalue weighted by atomic mass is 10.1. The van der Waals surface area contributed by atoms with Gasteiger partial charge in [0.1, 0.15) is 5.01 Å². The van der Waals surface area contributed by atoms with Crippen molar-refractivity contribution in [1.29, 1.82) is 0 Å². The molecule has 0 bridgehead atoms. The van der Waals surface area contributed by atoms with Crippen molar-refractivity contribution >= 4 is 17.2 Å². The molecule has 3 rings (SSSR count). The van der Waals surface area contributed by atoms with Gasteiger partial charge < -0.3 is 5.32 Å². The molecular formula is C19H19N3OS. The number of benzene rings is 1. The Morgan fingerprint density at radius 2 is 2.04 bits per heavy atom. The smallest absolute Gasteiger partial charge is 0.220 e. The van der Waals surface area contributed by atoms with Crippen molar-refractivity contribution in [2.45, 2.75) is 26.3 Å². The zero-order chi connectivity index (χ0) is 16.8. The second-order valence-corrected chi connectivity index (χ2v) is 6.51. The summed E-state index contributed by atoms with van der Waals surface area (Å²) in [7, 11) is 0. The number of pyridine rings is 1. The van der Waals surface area contributed by atoms with Gasteiger partial charge in [-0.25, -0.2) is 4.98 Å². The van der Waals surface area contributed by atoms with E-state index in [0.29, 0.717) is 19.4 Å². The lowest BCUT2D eigenvalue weighted by Gasteiger charge is -2.05. The van der Waals surface area contributed by atoms with Crippen LogP contribution in [0.15, 0.2) is 54.2 Å². The van der Waals surface area contributed by atoms with E-state index in [4.69, 9.17) is 0 Å². The Labute approximate surface area is 145 Å². The van der Waals surface area contributed by atoms with Crippen molar-refractivity contribution in [3.05, 3.63) is 71.0 Å². The summed E-state index contributed by atoms with van der Waals surface area (Å²) >= 11 is 1.58. The monoisotopic (exact) mass is 337 g/mol. The summed E-state index contributed by atoms with van der Waals surface area (Å²) in [5, 5.41) is 5.91. The van der Waals surface area contributed by atoms with Gasteiger partial charge in [0.2, 0.25) is 5.91 Å². The minimum absolute atomic E-state index is 0.0477. The number of hydrogen-bond donors (Lipinski definition) is 1. The van der Waals surface area contributed by atoms with Crippen LogP contribution in [-0.4, -0.2) is 15.9 Å². The molecule has 24 heavy (non-hydrogen) atoms. The molecule has 0 saturated heterocycles. The molecule has 4 nitrogen and oxygen atoms in total. The molecule has 0 aliphatic rings. The highest BCUT2D eigenvalue weighted by molar-refractivity contribution is 7.13. The van der Waals surface area contributed by atoms with Crippen molar-refractivity contribution in [2.75, 3.05) is 0 Å². The molecule has 0 fully saturated rings. The Bertz CT molecular complexity index is 797. The minimum atomic E-state index is 0.0477. The third-order valence-corrected chi connectivity index (χ3v) is 4.62. The number of amides is 1. The Hall–Kier alpha value is -2.53. The molecule has 1 amide bonds. The van der Waals surface area contributed by atoms with Gasteiger partial charge >= 0.3 is 0 Å². The van der Waals surface area contributed by atoms with E-state index in [9.17, 15) is 4.79 Å². The number of nitrogens with zero attached hydrogens (tertiary/aromatic N) is 2. The van der Waals surface area contributed by atoms with Crippen LogP contribution < -0.4 is 5.32 Å². The summed E-state index contributed by atoms with van der Waals surface area (Å²) in [6, 6.07) is 12.1. The van der Waals surface area contributed by atoms with Gasteiger partial charge in [-0.05, 0) is 31.0 Å². The van der Waals surface area contributed by atoms with E-state index in [-0.39, 0.29) is 5.91 Å². The third-order valence-electron chi connectivity index (χ3n) is 3.68. The van der Waals surface area contributed by atoms with E-state index in [0.717, 1.165) is 21.8 Å². The summed E-state index contributed by atoms with van der Waals surface area (Å²) in [4.78, 5) is 20.7. The van der Waals surface area contributed by atoms with Crippen molar-refractivity contribution in [1.82, 2.24) is 15.3 Å². The number of hydrogen-bond acceptors (Lipinski definition) is 4. The molecule has 0 atom stereocenters. The van der Waals surface area contributed by atoms with Gasteiger partial charge in [-0.1, -0.05) is 29.8 Å². The second kappa shape index (κ2) is 7.84. The van der Waals surface area contributed by atoms with E-state index in [1.807, 2.05) is 29.6 Å². The zero-order valence-corrected chi connectivity index (χ0v) is 14.3. The Morgan fingerprint density at radius 1 is 1.21 bits per heavy atom. The predicted molar refractivity (Wildman–Crippen MR) is 96.7 cm³/mol. The van der Waals surface area contributed by atoms with Crippen molar-refractivity contribution < 1.29 is 4.79 Å². The first-order valence-corrected chi connectivity index (χ1v) is 8.76. The Balaban J connectivity index is 1.48. The summed E-state index contributed by atoms with van der Waals surface area (Å²) in [6.45, 7) is 2.62. The lowest BCUT2D eigenvalue weighted by Crippen LogP contribution is -2.23. The molecule has 5 heteroatoms. The average molecular weight is 337 g/mol. The van der Waals surface area contributed by atoms with Gasteiger partial charge in [0.15, 0.2) is 0 Å². The van der Waals surface area contributed by atoms with Crippen LogP contribution >= 0.6 is 11.3 Å². The van der Waals surface area contributed by atoms with Crippen LogP contribution in [0.5, 0.6) is 0 Å². The van der Waals surface area contributed by atoms with Crippen molar-refractivity contribution in [3.63, 3.8) is 0 Å². The fourth-order valence-electron chi connectivity index (χ4n) is 2.28. The maximum Gasteiger partial charge on any atom is 0.220 e. The molecular weight excluding hydrogens is 318 g/mol. The number of aryl methyl sites for hydroxylation is 2. The van der Waals surface area contributed by atoms with Crippen LogP contribution in [0.4, 0.5) is 0 Å². The number of carbonyl (C=O) groups is 1. The summed E-state index contributed by atoms with van der Waals surface area (Å²) < 4.78 is 0. The van der Waals surface area contributed by atoms with Crippen LogP contribution in [0.25, 0.3) is 10.6 Å². The summed E-state index contributed by atoms with van der Waals surface area (Å²) in [6.07, 6.45) is 4.64.